The minimum atomic E-state index is -0.470. The zero-order valence-corrected chi connectivity index (χ0v) is 15.0. The Balaban J connectivity index is 2.05. The van der Waals surface area contributed by atoms with Crippen molar-refractivity contribution in [1.82, 2.24) is 25.0 Å². The highest BCUT2D eigenvalue weighted by Gasteiger charge is 2.18. The van der Waals surface area contributed by atoms with Crippen molar-refractivity contribution in [2.75, 3.05) is 18.5 Å². The zero-order chi connectivity index (χ0) is 19.0. The van der Waals surface area contributed by atoms with Crippen LogP contribution in [0.25, 0.3) is 28.0 Å². The van der Waals surface area contributed by atoms with E-state index < -0.39 is 5.91 Å². The van der Waals surface area contributed by atoms with Crippen molar-refractivity contribution in [3.05, 3.63) is 54.4 Å². The first-order chi connectivity index (χ1) is 13.1. The number of hydrogen-bond donors (Lipinski definition) is 2. The van der Waals surface area contributed by atoms with Gasteiger partial charge in [0.2, 0.25) is 5.91 Å². The van der Waals surface area contributed by atoms with Crippen LogP contribution in [-0.4, -0.2) is 44.5 Å². The Hall–Kier alpha value is -3.68. The molecule has 0 saturated carbocycles. The van der Waals surface area contributed by atoms with Gasteiger partial charge in [0.25, 0.3) is 0 Å². The van der Waals surface area contributed by atoms with E-state index in [1.54, 1.807) is 29.2 Å². The Morgan fingerprint density at radius 2 is 2.07 bits per heavy atom. The molecule has 3 heterocycles. The molecule has 0 spiro atoms. The average molecular weight is 361 g/mol. The molecule has 0 bridgehead atoms. The summed E-state index contributed by atoms with van der Waals surface area (Å²) in [6.07, 6.45) is 3.40. The van der Waals surface area contributed by atoms with Gasteiger partial charge in [0.05, 0.1) is 12.4 Å². The first-order valence-corrected chi connectivity index (χ1v) is 8.59. The van der Waals surface area contributed by atoms with E-state index in [0.29, 0.717) is 17.0 Å². The maximum Gasteiger partial charge on any atom is 0.249 e. The number of pyridine rings is 1. The lowest BCUT2D eigenvalue weighted by Crippen LogP contribution is -2.18. The molecule has 3 aromatic heterocycles. The Morgan fingerprint density at radius 1 is 1.26 bits per heavy atom. The van der Waals surface area contributed by atoms with Crippen LogP contribution in [0.5, 0.6) is 0 Å². The van der Waals surface area contributed by atoms with E-state index in [9.17, 15) is 4.79 Å². The fourth-order valence-electron chi connectivity index (χ4n) is 3.04. The molecule has 0 fully saturated rings. The van der Waals surface area contributed by atoms with E-state index in [1.165, 1.54) is 0 Å². The van der Waals surface area contributed by atoms with Gasteiger partial charge in [-0.05, 0) is 30.2 Å². The first-order valence-electron chi connectivity index (χ1n) is 8.59. The minimum absolute atomic E-state index is 0.462. The first kappa shape index (κ1) is 16.8. The fourth-order valence-corrected chi connectivity index (χ4v) is 3.04. The fraction of sp³-hybridized carbons (Fsp3) is 0.158. The van der Waals surface area contributed by atoms with E-state index in [0.717, 1.165) is 28.9 Å². The number of aromatic nitrogens is 5. The molecule has 1 aromatic carbocycles. The van der Waals surface area contributed by atoms with Crippen LogP contribution < -0.4 is 10.6 Å². The Kier molecular flexibility index (Phi) is 4.08. The maximum atomic E-state index is 12.0. The number of H-pyrrole nitrogens is 1. The van der Waals surface area contributed by atoms with Gasteiger partial charge in [-0.2, -0.15) is 14.9 Å². The third kappa shape index (κ3) is 2.80. The van der Waals surface area contributed by atoms with Crippen molar-refractivity contribution in [3.63, 3.8) is 0 Å². The van der Waals surface area contributed by atoms with E-state index in [2.05, 4.69) is 22.2 Å². The normalized spacial score (nSPS) is 11.0. The summed E-state index contributed by atoms with van der Waals surface area (Å²) in [4.78, 5) is 18.8. The number of rotatable bonds is 5. The van der Waals surface area contributed by atoms with Crippen molar-refractivity contribution in [1.29, 1.82) is 0 Å². The molecule has 0 atom stereocenters. The lowest BCUT2D eigenvalue weighted by molar-refractivity contribution is 0.100. The summed E-state index contributed by atoms with van der Waals surface area (Å²) < 4.78 is 1.70. The lowest BCUT2D eigenvalue weighted by atomic mass is 9.97. The van der Waals surface area contributed by atoms with Crippen LogP contribution in [0.2, 0.25) is 0 Å². The van der Waals surface area contributed by atoms with Gasteiger partial charge in [0, 0.05) is 30.6 Å². The van der Waals surface area contributed by atoms with Crippen molar-refractivity contribution < 1.29 is 4.79 Å². The zero-order valence-electron chi connectivity index (χ0n) is 15.0. The van der Waals surface area contributed by atoms with E-state index in [4.69, 9.17) is 10.7 Å². The summed E-state index contributed by atoms with van der Waals surface area (Å²) >= 11 is 0. The second kappa shape index (κ2) is 6.56. The average Bonchev–Trinajstić information content (AvgIpc) is 3.35. The number of aromatic amines is 1. The highest BCUT2D eigenvalue weighted by atomic mass is 16.1. The molecule has 0 aliphatic carbocycles. The standard InChI is InChI=1S/C19H19N7O/c1-3-25(2)17-10-14(12-6-4-5-7-13(12)18(20)27)15-11-22-26(19(15)23-17)16-8-9-21-24-16/h4-11H,3H2,1-2H3,(H2,20,27)(H,21,24). The van der Waals surface area contributed by atoms with Gasteiger partial charge < -0.3 is 10.6 Å². The monoisotopic (exact) mass is 361 g/mol. The molecule has 0 radical (unpaired) electrons. The molecule has 0 unspecified atom stereocenters. The number of anilines is 1. The van der Waals surface area contributed by atoms with Crippen LogP contribution in [0.3, 0.4) is 0 Å². The summed E-state index contributed by atoms with van der Waals surface area (Å²) in [5.74, 6) is 1.02. The Bertz CT molecular complexity index is 1110. The molecule has 4 aromatic rings. The number of hydrogen-bond acceptors (Lipinski definition) is 5. The van der Waals surface area contributed by atoms with Gasteiger partial charge in [0.15, 0.2) is 11.5 Å². The summed E-state index contributed by atoms with van der Waals surface area (Å²) in [7, 11) is 1.97. The summed E-state index contributed by atoms with van der Waals surface area (Å²) in [5, 5.41) is 12.2. The molecule has 4 rings (SSSR count). The van der Waals surface area contributed by atoms with Crippen molar-refractivity contribution in [3.8, 4) is 16.9 Å². The minimum Gasteiger partial charge on any atom is -0.366 e. The number of fused-ring (bicyclic) bond motifs is 1. The van der Waals surface area contributed by atoms with E-state index >= 15 is 0 Å². The van der Waals surface area contributed by atoms with E-state index in [1.807, 2.05) is 36.2 Å². The summed E-state index contributed by atoms with van der Waals surface area (Å²) in [6, 6.07) is 11.1. The largest absolute Gasteiger partial charge is 0.366 e. The lowest BCUT2D eigenvalue weighted by Gasteiger charge is -2.18. The molecule has 1 amide bonds. The van der Waals surface area contributed by atoms with Gasteiger partial charge in [0.1, 0.15) is 5.82 Å². The molecule has 0 saturated heterocycles. The van der Waals surface area contributed by atoms with Crippen LogP contribution in [0.1, 0.15) is 17.3 Å². The third-order valence-corrected chi connectivity index (χ3v) is 4.59. The Morgan fingerprint density at radius 3 is 2.78 bits per heavy atom. The number of nitrogens with zero attached hydrogens (tertiary/aromatic N) is 5. The Labute approximate surface area is 155 Å². The van der Waals surface area contributed by atoms with Crippen LogP contribution >= 0.6 is 0 Å². The van der Waals surface area contributed by atoms with Gasteiger partial charge in [-0.15, -0.1) is 0 Å². The predicted octanol–water partition coefficient (Wildman–Crippen LogP) is 2.37. The number of nitrogens with one attached hydrogen (secondary N) is 1. The quantitative estimate of drug-likeness (QED) is 0.568. The van der Waals surface area contributed by atoms with E-state index in [-0.39, 0.29) is 0 Å². The molecule has 0 aliphatic heterocycles. The SMILES string of the molecule is CCN(C)c1cc(-c2ccccc2C(N)=O)c2cnn(-c3ccn[nH]3)c2n1. The number of carbonyl (C=O) groups is 1. The van der Waals surface area contributed by atoms with Crippen molar-refractivity contribution in [2.24, 2.45) is 5.73 Å². The van der Waals surface area contributed by atoms with Crippen LogP contribution in [0.4, 0.5) is 5.82 Å². The van der Waals surface area contributed by atoms with Crippen molar-refractivity contribution in [2.45, 2.75) is 6.92 Å². The van der Waals surface area contributed by atoms with Gasteiger partial charge in [-0.25, -0.2) is 4.98 Å². The molecule has 3 N–H and O–H groups in total. The topological polar surface area (TPSA) is 106 Å². The second-order valence-electron chi connectivity index (χ2n) is 6.19. The number of primary amides is 1. The van der Waals surface area contributed by atoms with Crippen LogP contribution in [-0.2, 0) is 0 Å². The smallest absolute Gasteiger partial charge is 0.249 e. The molecule has 27 heavy (non-hydrogen) atoms. The maximum absolute atomic E-state index is 12.0. The third-order valence-electron chi connectivity index (χ3n) is 4.59. The highest BCUT2D eigenvalue weighted by molar-refractivity contribution is 6.05. The van der Waals surface area contributed by atoms with Gasteiger partial charge in [-0.1, -0.05) is 18.2 Å². The van der Waals surface area contributed by atoms with Crippen LogP contribution in [0, 0.1) is 0 Å². The number of amides is 1. The highest BCUT2D eigenvalue weighted by Crippen LogP contribution is 2.33. The summed E-state index contributed by atoms with van der Waals surface area (Å²) in [6.45, 7) is 2.84. The van der Waals surface area contributed by atoms with Crippen LogP contribution in [0.15, 0.2) is 48.8 Å². The summed E-state index contributed by atoms with van der Waals surface area (Å²) in [5.41, 5.74) is 8.35. The number of nitrogens with two attached hydrogens (primary N) is 1. The molecule has 8 nitrogen and oxygen atoms in total. The molecule has 136 valence electrons. The second-order valence-corrected chi connectivity index (χ2v) is 6.19. The molecular weight excluding hydrogens is 342 g/mol. The molecule has 0 aliphatic rings. The molecular formula is C19H19N7O. The van der Waals surface area contributed by atoms with Gasteiger partial charge in [-0.3, -0.25) is 9.89 Å². The van der Waals surface area contributed by atoms with Crippen molar-refractivity contribution >= 4 is 22.8 Å². The number of benzene rings is 1. The molecule has 8 heteroatoms. The number of carbonyl (C=O) groups excluding carboxylic acids is 1. The predicted molar refractivity (Wildman–Crippen MR) is 104 cm³/mol. The van der Waals surface area contributed by atoms with Gasteiger partial charge >= 0.3 is 0 Å².